The number of amides is 1. The van der Waals surface area contributed by atoms with E-state index in [4.69, 9.17) is 15.7 Å². The normalized spacial score (nSPS) is 19.3. The smallest absolute Gasteiger partial charge is 0.245 e. The number of aromatic nitrogens is 6. The van der Waals surface area contributed by atoms with Crippen molar-refractivity contribution in [3.63, 3.8) is 0 Å². The summed E-state index contributed by atoms with van der Waals surface area (Å²) in [4.78, 5) is 28.3. The third kappa shape index (κ3) is 4.48. The fourth-order valence-electron chi connectivity index (χ4n) is 7.55. The third-order valence-electron chi connectivity index (χ3n) is 9.88. The second-order valence-electron chi connectivity index (χ2n) is 12.4. The number of nitrogen functional groups attached to an aromatic ring is 1. The minimum absolute atomic E-state index is 0.0598. The molecule has 4 aromatic heterocycles. The van der Waals surface area contributed by atoms with Gasteiger partial charge in [0.05, 0.1) is 5.56 Å². The number of carbonyl (C=O) groups is 1. The van der Waals surface area contributed by atoms with Crippen LogP contribution in [0.15, 0.2) is 79.8 Å². The second kappa shape index (κ2) is 10.4. The molecule has 1 saturated carbocycles. The van der Waals surface area contributed by atoms with Crippen molar-refractivity contribution in [2.24, 2.45) is 5.41 Å². The van der Waals surface area contributed by atoms with E-state index in [1.54, 1.807) is 17.1 Å². The van der Waals surface area contributed by atoms with Crippen LogP contribution in [-0.2, 0) is 11.2 Å². The van der Waals surface area contributed by atoms with Crippen molar-refractivity contribution in [1.82, 2.24) is 39.5 Å². The van der Waals surface area contributed by atoms with Gasteiger partial charge < -0.3 is 16.0 Å². The molecule has 10 nitrogen and oxygen atoms in total. The zero-order chi connectivity index (χ0) is 29.8. The highest BCUT2D eigenvalue weighted by molar-refractivity contribution is 5.87. The van der Waals surface area contributed by atoms with Crippen LogP contribution < -0.4 is 11.1 Å². The van der Waals surface area contributed by atoms with Crippen molar-refractivity contribution in [1.29, 1.82) is 0 Å². The highest BCUT2D eigenvalue weighted by Crippen LogP contribution is 2.50. The van der Waals surface area contributed by atoms with E-state index in [1.807, 2.05) is 41.4 Å². The van der Waals surface area contributed by atoms with Crippen molar-refractivity contribution in [3.8, 4) is 22.9 Å². The number of piperidine rings is 1. The molecule has 8 rings (SSSR count). The molecule has 3 aliphatic rings. The maximum Gasteiger partial charge on any atom is 0.245 e. The molecule has 0 bridgehead atoms. The van der Waals surface area contributed by atoms with Gasteiger partial charge in [-0.05, 0) is 104 Å². The average molecular weight is 586 g/mol. The number of imidazole rings is 1. The van der Waals surface area contributed by atoms with Crippen LogP contribution in [0, 0.1) is 5.41 Å². The molecule has 0 unspecified atom stereocenters. The van der Waals surface area contributed by atoms with E-state index in [2.05, 4.69) is 44.7 Å². The summed E-state index contributed by atoms with van der Waals surface area (Å²) >= 11 is 0. The van der Waals surface area contributed by atoms with Crippen molar-refractivity contribution in [2.45, 2.75) is 50.6 Å². The lowest BCUT2D eigenvalue weighted by molar-refractivity contribution is -0.129. The highest BCUT2D eigenvalue weighted by atomic mass is 16.2. The summed E-state index contributed by atoms with van der Waals surface area (Å²) in [7, 11) is 0. The van der Waals surface area contributed by atoms with Crippen molar-refractivity contribution < 1.29 is 4.79 Å². The first kappa shape index (κ1) is 26.8. The monoisotopic (exact) mass is 585 g/mol. The van der Waals surface area contributed by atoms with Gasteiger partial charge in [0.1, 0.15) is 11.3 Å². The number of carbonyl (C=O) groups excluding carboxylic acids is 1. The van der Waals surface area contributed by atoms with Crippen LogP contribution in [0.25, 0.3) is 34.1 Å². The summed E-state index contributed by atoms with van der Waals surface area (Å²) in [6.07, 6.45) is 13.4. The average Bonchev–Trinajstić information content (AvgIpc) is 3.79. The molecular formula is C34H35N9O. The molecule has 1 amide bonds. The fourth-order valence-corrected chi connectivity index (χ4v) is 7.55. The number of nitrogens with two attached hydrogens (primary N) is 1. The van der Waals surface area contributed by atoms with E-state index >= 15 is 0 Å². The predicted octanol–water partition coefficient (Wildman–Crippen LogP) is 4.78. The number of nitrogens with one attached hydrogen (secondary N) is 1. The minimum atomic E-state index is 0.0598. The van der Waals surface area contributed by atoms with Crippen molar-refractivity contribution >= 4 is 22.9 Å². The van der Waals surface area contributed by atoms with E-state index < -0.39 is 0 Å². The number of pyridine rings is 2. The molecule has 5 aromatic rings. The van der Waals surface area contributed by atoms with Gasteiger partial charge >= 0.3 is 0 Å². The molecule has 1 spiro atoms. The van der Waals surface area contributed by atoms with Crippen LogP contribution in [0.3, 0.4) is 0 Å². The summed E-state index contributed by atoms with van der Waals surface area (Å²) in [5.41, 5.74) is 12.7. The topological polar surface area (TPSA) is 120 Å². The van der Waals surface area contributed by atoms with Gasteiger partial charge in [0.2, 0.25) is 5.91 Å². The molecule has 222 valence electrons. The molecule has 0 radical (unpaired) electrons. The number of nitrogens with zero attached hydrogens (tertiary/aromatic N) is 7. The third-order valence-corrected chi connectivity index (χ3v) is 9.88. The minimum Gasteiger partial charge on any atom is -0.383 e. The Hall–Kier alpha value is -4.83. The summed E-state index contributed by atoms with van der Waals surface area (Å²) in [5, 5.41) is 8.35. The molecule has 44 heavy (non-hydrogen) atoms. The number of hydrogen-bond donors (Lipinski definition) is 2. The zero-order valence-corrected chi connectivity index (χ0v) is 24.6. The molecule has 2 fully saturated rings. The number of anilines is 1. The molecule has 2 aliphatic carbocycles. The van der Waals surface area contributed by atoms with Gasteiger partial charge in [-0.1, -0.05) is 12.6 Å². The van der Waals surface area contributed by atoms with Crippen LogP contribution in [0.2, 0.25) is 0 Å². The Kier molecular flexibility index (Phi) is 6.33. The zero-order valence-electron chi connectivity index (χ0n) is 24.6. The van der Waals surface area contributed by atoms with Crippen LogP contribution in [0.1, 0.15) is 49.3 Å². The predicted molar refractivity (Wildman–Crippen MR) is 169 cm³/mol. The van der Waals surface area contributed by atoms with E-state index in [9.17, 15) is 4.79 Å². The lowest BCUT2D eigenvalue weighted by Gasteiger charge is -2.53. The Morgan fingerprint density at radius 1 is 1.07 bits per heavy atom. The van der Waals surface area contributed by atoms with Crippen molar-refractivity contribution in [3.05, 3.63) is 90.9 Å². The standard InChI is InChI=1S/C34H35N9O/c1-2-30(44)41-17-12-34(13-18-41)20-23(21-34)38-27-9-6-22-19-24(7-8-25(22)27)43-32(26-5-3-14-36-31(26)35)39-28-10-11-29(40-33(28)43)42-16-4-15-37-42/h2-5,7-8,10-11,14-16,19,23,27,38H,1,6,9,12-13,17-18,20-21H2,(H2,35,36)/t27-/m0/s1. The molecule has 1 aromatic carbocycles. The molecule has 1 aliphatic heterocycles. The van der Waals surface area contributed by atoms with E-state index in [-0.39, 0.29) is 5.91 Å². The fraction of sp³-hybridized carbons (Fsp3) is 0.324. The summed E-state index contributed by atoms with van der Waals surface area (Å²) in [6.45, 7) is 5.34. The van der Waals surface area contributed by atoms with Crippen LogP contribution >= 0.6 is 0 Å². The number of hydrogen-bond acceptors (Lipinski definition) is 7. The summed E-state index contributed by atoms with van der Waals surface area (Å²) < 4.78 is 3.85. The quantitative estimate of drug-likeness (QED) is 0.275. The van der Waals surface area contributed by atoms with Gasteiger partial charge in [-0.2, -0.15) is 5.10 Å². The molecule has 10 heteroatoms. The van der Waals surface area contributed by atoms with Gasteiger partial charge in [0.25, 0.3) is 0 Å². The van der Waals surface area contributed by atoms with Gasteiger partial charge in [0, 0.05) is 49.5 Å². The Bertz CT molecular complexity index is 1880. The number of likely N-dealkylation sites (tertiary alicyclic amines) is 1. The Morgan fingerprint density at radius 3 is 2.70 bits per heavy atom. The van der Waals surface area contributed by atoms with Crippen LogP contribution in [0.5, 0.6) is 0 Å². The van der Waals surface area contributed by atoms with Gasteiger partial charge in [-0.25, -0.2) is 19.6 Å². The molecule has 3 N–H and O–H groups in total. The molecule has 1 saturated heterocycles. The highest BCUT2D eigenvalue weighted by Gasteiger charge is 2.47. The Morgan fingerprint density at radius 2 is 1.93 bits per heavy atom. The van der Waals surface area contributed by atoms with Gasteiger partial charge in [-0.3, -0.25) is 9.36 Å². The first-order valence-corrected chi connectivity index (χ1v) is 15.4. The maximum absolute atomic E-state index is 12.0. The summed E-state index contributed by atoms with van der Waals surface area (Å²) in [6, 6.07) is 17.2. The number of aryl methyl sites for hydroxylation is 1. The van der Waals surface area contributed by atoms with Gasteiger partial charge in [0.15, 0.2) is 17.3 Å². The number of rotatable bonds is 6. The SMILES string of the molecule is C=CC(=O)N1CCC2(CC1)CC(N[C@H]1CCc3cc(-n4c(-c5cccnc5N)nc5ccc(-n6cccn6)nc54)ccc31)C2. The van der Waals surface area contributed by atoms with E-state index in [0.29, 0.717) is 29.1 Å². The Labute approximate surface area is 255 Å². The summed E-state index contributed by atoms with van der Waals surface area (Å²) in [5.74, 6) is 1.92. The largest absolute Gasteiger partial charge is 0.383 e. The first-order chi connectivity index (χ1) is 21.5. The molecule has 1 atom stereocenters. The number of fused-ring (bicyclic) bond motifs is 2. The van der Waals surface area contributed by atoms with Gasteiger partial charge in [-0.15, -0.1) is 0 Å². The second-order valence-corrected chi connectivity index (χ2v) is 12.4. The Balaban J connectivity index is 1.07. The maximum atomic E-state index is 12.0. The van der Waals surface area contributed by atoms with E-state index in [0.717, 1.165) is 67.0 Å². The molecule has 5 heterocycles. The van der Waals surface area contributed by atoms with Crippen LogP contribution in [0.4, 0.5) is 5.82 Å². The first-order valence-electron chi connectivity index (χ1n) is 15.4. The lowest BCUT2D eigenvalue weighted by atomic mass is 9.60. The van der Waals surface area contributed by atoms with Crippen LogP contribution in [-0.4, -0.2) is 59.2 Å². The molecular weight excluding hydrogens is 550 g/mol. The van der Waals surface area contributed by atoms with E-state index in [1.165, 1.54) is 30.0 Å². The van der Waals surface area contributed by atoms with Crippen molar-refractivity contribution in [2.75, 3.05) is 18.8 Å². The number of benzene rings is 1. The lowest BCUT2D eigenvalue weighted by Crippen LogP contribution is -2.54.